The predicted octanol–water partition coefficient (Wildman–Crippen LogP) is 5.05. The van der Waals surface area contributed by atoms with E-state index in [4.69, 9.17) is 0 Å². The predicted molar refractivity (Wildman–Crippen MR) is 120 cm³/mol. The van der Waals surface area contributed by atoms with Gasteiger partial charge in [-0.3, -0.25) is 9.10 Å². The molecule has 0 aliphatic rings. The molecule has 0 aliphatic carbocycles. The van der Waals surface area contributed by atoms with Gasteiger partial charge in [0.25, 0.3) is 0 Å². The number of benzene rings is 2. The second-order valence-corrected chi connectivity index (χ2v) is 9.98. The molecule has 9 heteroatoms. The SMILES string of the molecule is Cc1cc(C)c(C(C)NC(=O)CCCN(c2cccc(C(F)(F)F)c2)S(C)(=O)=O)cc1C. The van der Waals surface area contributed by atoms with E-state index in [-0.39, 0.29) is 37.0 Å². The van der Waals surface area contributed by atoms with E-state index in [2.05, 4.69) is 11.4 Å². The van der Waals surface area contributed by atoms with Crippen LogP contribution in [-0.2, 0) is 21.0 Å². The largest absolute Gasteiger partial charge is 0.416 e. The molecule has 176 valence electrons. The number of carbonyl (C=O) groups excluding carboxylic acids is 1. The second kappa shape index (κ2) is 9.94. The smallest absolute Gasteiger partial charge is 0.350 e. The number of halogens is 3. The molecule has 0 aliphatic heterocycles. The van der Waals surface area contributed by atoms with Gasteiger partial charge in [-0.2, -0.15) is 13.2 Å². The first-order valence-corrected chi connectivity index (χ1v) is 12.1. The van der Waals surface area contributed by atoms with Crippen LogP contribution in [0.3, 0.4) is 0 Å². The molecule has 0 aromatic heterocycles. The molecule has 0 saturated carbocycles. The van der Waals surface area contributed by atoms with E-state index in [1.54, 1.807) is 0 Å². The molecule has 0 fully saturated rings. The third kappa shape index (κ3) is 6.72. The highest BCUT2D eigenvalue weighted by Gasteiger charge is 2.31. The molecule has 1 atom stereocenters. The number of anilines is 1. The van der Waals surface area contributed by atoms with E-state index >= 15 is 0 Å². The summed E-state index contributed by atoms with van der Waals surface area (Å²) < 4.78 is 64.2. The molecule has 0 spiro atoms. The van der Waals surface area contributed by atoms with Gasteiger partial charge in [0.1, 0.15) is 0 Å². The molecule has 2 aromatic rings. The van der Waals surface area contributed by atoms with Crippen molar-refractivity contribution in [3.8, 4) is 0 Å². The summed E-state index contributed by atoms with van der Waals surface area (Å²) in [5, 5.41) is 2.91. The molecule has 2 rings (SSSR count). The van der Waals surface area contributed by atoms with E-state index < -0.39 is 21.8 Å². The number of sulfonamides is 1. The molecule has 0 heterocycles. The number of rotatable bonds is 8. The molecule has 1 amide bonds. The second-order valence-electron chi connectivity index (χ2n) is 8.07. The fraction of sp³-hybridized carbons (Fsp3) is 0.435. The van der Waals surface area contributed by atoms with Crippen molar-refractivity contribution in [2.45, 2.75) is 52.8 Å². The van der Waals surface area contributed by atoms with Crippen molar-refractivity contribution in [2.24, 2.45) is 0 Å². The van der Waals surface area contributed by atoms with Crippen LogP contribution in [0, 0.1) is 20.8 Å². The van der Waals surface area contributed by atoms with Gasteiger partial charge in [-0.25, -0.2) is 8.42 Å². The van der Waals surface area contributed by atoms with Gasteiger partial charge in [-0.15, -0.1) is 0 Å². The lowest BCUT2D eigenvalue weighted by molar-refractivity contribution is -0.137. The van der Waals surface area contributed by atoms with E-state index in [0.29, 0.717) is 0 Å². The summed E-state index contributed by atoms with van der Waals surface area (Å²) >= 11 is 0. The van der Waals surface area contributed by atoms with Crippen molar-refractivity contribution in [1.29, 1.82) is 0 Å². The molecule has 0 bridgehead atoms. The van der Waals surface area contributed by atoms with E-state index in [1.807, 2.05) is 33.8 Å². The lowest BCUT2D eigenvalue weighted by Gasteiger charge is -2.23. The van der Waals surface area contributed by atoms with Gasteiger partial charge in [0.2, 0.25) is 15.9 Å². The first-order chi connectivity index (χ1) is 14.7. The van der Waals surface area contributed by atoms with E-state index in [9.17, 15) is 26.4 Å². The van der Waals surface area contributed by atoms with Crippen LogP contribution in [-0.4, -0.2) is 27.1 Å². The summed E-state index contributed by atoms with van der Waals surface area (Å²) in [6.45, 7) is 7.77. The van der Waals surface area contributed by atoms with Crippen molar-refractivity contribution < 1.29 is 26.4 Å². The Labute approximate surface area is 187 Å². The number of aryl methyl sites for hydroxylation is 3. The standard InChI is InChI=1S/C23H29F3N2O3S/c1-15-12-17(3)21(13-16(15)2)18(4)27-22(29)10-7-11-28(32(5,30)31)20-9-6-8-19(14-20)23(24,25)26/h6,8-9,12-14,18H,7,10-11H2,1-5H3,(H,27,29). The van der Waals surface area contributed by atoms with Gasteiger partial charge in [0.15, 0.2) is 0 Å². The third-order valence-corrected chi connectivity index (χ3v) is 6.55. The van der Waals surface area contributed by atoms with Crippen LogP contribution >= 0.6 is 0 Å². The Morgan fingerprint density at radius 2 is 1.69 bits per heavy atom. The lowest BCUT2D eigenvalue weighted by atomic mass is 9.96. The number of hydrogen-bond donors (Lipinski definition) is 1. The van der Waals surface area contributed by atoms with E-state index in [0.717, 1.165) is 45.5 Å². The maximum Gasteiger partial charge on any atom is 0.416 e. The third-order valence-electron chi connectivity index (χ3n) is 5.35. The van der Waals surface area contributed by atoms with Crippen molar-refractivity contribution in [1.82, 2.24) is 5.32 Å². The fourth-order valence-corrected chi connectivity index (χ4v) is 4.51. The van der Waals surface area contributed by atoms with Crippen molar-refractivity contribution in [3.63, 3.8) is 0 Å². The zero-order valence-electron chi connectivity index (χ0n) is 18.9. The summed E-state index contributed by atoms with van der Waals surface area (Å²) in [5.41, 5.74) is 3.34. The lowest BCUT2D eigenvalue weighted by Crippen LogP contribution is -2.33. The molecule has 1 N–H and O–H groups in total. The quantitative estimate of drug-likeness (QED) is 0.587. The Bertz CT molecular complexity index is 1080. The highest BCUT2D eigenvalue weighted by atomic mass is 32.2. The summed E-state index contributed by atoms with van der Waals surface area (Å²) in [6.07, 6.45) is -3.45. The Balaban J connectivity index is 2.05. The number of carbonyl (C=O) groups is 1. The fourth-order valence-electron chi connectivity index (χ4n) is 3.55. The Kier molecular flexibility index (Phi) is 7.98. The Hall–Kier alpha value is -2.55. The summed E-state index contributed by atoms with van der Waals surface area (Å²) in [4.78, 5) is 12.4. The average Bonchev–Trinajstić information content (AvgIpc) is 2.66. The molecule has 0 radical (unpaired) electrons. The van der Waals surface area contributed by atoms with Gasteiger partial charge < -0.3 is 5.32 Å². The van der Waals surface area contributed by atoms with Gasteiger partial charge in [-0.1, -0.05) is 18.2 Å². The van der Waals surface area contributed by atoms with Crippen LogP contribution in [0.5, 0.6) is 0 Å². The van der Waals surface area contributed by atoms with Crippen LogP contribution in [0.4, 0.5) is 18.9 Å². The van der Waals surface area contributed by atoms with Crippen LogP contribution < -0.4 is 9.62 Å². The minimum absolute atomic E-state index is 0.0409. The van der Waals surface area contributed by atoms with E-state index in [1.165, 1.54) is 11.6 Å². The molecular formula is C23H29F3N2O3S. The zero-order chi connectivity index (χ0) is 24.3. The highest BCUT2D eigenvalue weighted by molar-refractivity contribution is 7.92. The van der Waals surface area contributed by atoms with Gasteiger partial charge in [-0.05, 0) is 74.6 Å². The number of nitrogens with one attached hydrogen (secondary N) is 1. The van der Waals surface area contributed by atoms with Crippen LogP contribution in [0.1, 0.15) is 53.6 Å². The van der Waals surface area contributed by atoms with Gasteiger partial charge >= 0.3 is 6.18 Å². The molecule has 32 heavy (non-hydrogen) atoms. The number of amides is 1. The number of alkyl halides is 3. The van der Waals surface area contributed by atoms with Crippen LogP contribution in [0.25, 0.3) is 0 Å². The maximum atomic E-state index is 13.0. The van der Waals surface area contributed by atoms with Crippen LogP contribution in [0.2, 0.25) is 0 Å². The minimum Gasteiger partial charge on any atom is -0.350 e. The molecule has 1 unspecified atom stereocenters. The first-order valence-electron chi connectivity index (χ1n) is 10.2. The van der Waals surface area contributed by atoms with Crippen molar-refractivity contribution >= 4 is 21.6 Å². The normalized spacial score (nSPS) is 13.0. The average molecular weight is 471 g/mol. The molecule has 5 nitrogen and oxygen atoms in total. The molecule has 0 saturated heterocycles. The minimum atomic E-state index is -4.58. The molecule has 2 aromatic carbocycles. The first kappa shape index (κ1) is 25.7. The van der Waals surface area contributed by atoms with Gasteiger partial charge in [0, 0.05) is 13.0 Å². The summed E-state index contributed by atoms with van der Waals surface area (Å²) in [6, 6.07) is 8.02. The van der Waals surface area contributed by atoms with Crippen molar-refractivity contribution in [3.05, 3.63) is 64.2 Å². The summed E-state index contributed by atoms with van der Waals surface area (Å²) in [7, 11) is -3.82. The van der Waals surface area contributed by atoms with Crippen LogP contribution in [0.15, 0.2) is 36.4 Å². The maximum absolute atomic E-state index is 13.0. The molecular weight excluding hydrogens is 441 g/mol. The Morgan fingerprint density at radius 1 is 1.06 bits per heavy atom. The topological polar surface area (TPSA) is 66.5 Å². The van der Waals surface area contributed by atoms with Gasteiger partial charge in [0.05, 0.1) is 23.5 Å². The Morgan fingerprint density at radius 3 is 2.28 bits per heavy atom. The van der Waals surface area contributed by atoms with Crippen molar-refractivity contribution in [2.75, 3.05) is 17.1 Å². The number of nitrogens with zero attached hydrogens (tertiary/aromatic N) is 1. The summed E-state index contributed by atoms with van der Waals surface area (Å²) in [5.74, 6) is -0.257. The number of hydrogen-bond acceptors (Lipinski definition) is 3. The monoisotopic (exact) mass is 470 g/mol. The zero-order valence-corrected chi connectivity index (χ0v) is 19.7. The highest BCUT2D eigenvalue weighted by Crippen LogP contribution is 2.32.